The second kappa shape index (κ2) is 12.2. The van der Waals surface area contributed by atoms with Crippen molar-refractivity contribution in [1.82, 2.24) is 0 Å². The molecule has 4 rings (SSSR count). The number of ether oxygens (including phenoxy) is 2. The van der Waals surface area contributed by atoms with Crippen LogP contribution < -0.4 is 24.6 Å². The molecule has 0 saturated carbocycles. The molecule has 0 unspecified atom stereocenters. The SMILES string of the molecule is COc1cc(/C=C2/SC(=S)N(c3ccc(N(C)C)cc3)C2=O)ccc1OCC(=O)Nc1ccc(Br)c(Cl)c1. The van der Waals surface area contributed by atoms with Gasteiger partial charge in [-0.25, -0.2) is 0 Å². The highest BCUT2D eigenvalue weighted by Gasteiger charge is 2.33. The van der Waals surface area contributed by atoms with Gasteiger partial charge in [-0.15, -0.1) is 0 Å². The van der Waals surface area contributed by atoms with Crippen molar-refractivity contribution in [2.24, 2.45) is 0 Å². The highest BCUT2D eigenvalue weighted by atomic mass is 79.9. The van der Waals surface area contributed by atoms with Crippen LogP contribution in [0.2, 0.25) is 5.02 Å². The summed E-state index contributed by atoms with van der Waals surface area (Å²) in [6.45, 7) is -0.228. The molecule has 1 aliphatic rings. The van der Waals surface area contributed by atoms with Gasteiger partial charge in [0.2, 0.25) is 0 Å². The number of hydrogen-bond donors (Lipinski definition) is 1. The topological polar surface area (TPSA) is 71.1 Å². The Labute approximate surface area is 243 Å². The number of carbonyl (C=O) groups is 2. The lowest BCUT2D eigenvalue weighted by Gasteiger charge is -2.17. The standard InChI is InChI=1S/C27H23BrClN3O4S2/c1-31(2)18-6-8-19(9-7-18)32-26(34)24(38-27(32)37)13-16-4-11-22(23(12-16)35-3)36-15-25(33)30-17-5-10-20(28)21(29)14-17/h4-14H,15H2,1-3H3,(H,30,33)/b24-13+. The maximum atomic E-state index is 13.2. The summed E-state index contributed by atoms with van der Waals surface area (Å²) in [6, 6.07) is 17.9. The second-order valence-electron chi connectivity index (χ2n) is 8.30. The van der Waals surface area contributed by atoms with E-state index in [4.69, 9.17) is 33.3 Å². The van der Waals surface area contributed by atoms with E-state index in [1.54, 1.807) is 42.5 Å². The highest BCUT2D eigenvalue weighted by Crippen LogP contribution is 2.37. The molecule has 1 aliphatic heterocycles. The molecule has 0 aromatic heterocycles. The molecule has 11 heteroatoms. The van der Waals surface area contributed by atoms with Crippen molar-refractivity contribution >= 4 is 90.8 Å². The van der Waals surface area contributed by atoms with Crippen molar-refractivity contribution in [1.29, 1.82) is 0 Å². The highest BCUT2D eigenvalue weighted by molar-refractivity contribution is 9.10. The van der Waals surface area contributed by atoms with Crippen LogP contribution in [0.5, 0.6) is 11.5 Å². The zero-order valence-corrected chi connectivity index (χ0v) is 24.6. The number of carbonyl (C=O) groups excluding carboxylic acids is 2. The molecule has 3 aromatic rings. The molecule has 3 aromatic carbocycles. The van der Waals surface area contributed by atoms with Gasteiger partial charge in [-0.1, -0.05) is 41.6 Å². The number of benzene rings is 3. The number of thiocarbonyl (C=S) groups is 1. The lowest BCUT2D eigenvalue weighted by Crippen LogP contribution is -2.27. The Morgan fingerprint density at radius 1 is 1.13 bits per heavy atom. The Balaban J connectivity index is 1.44. The van der Waals surface area contributed by atoms with Crippen molar-refractivity contribution in [2.45, 2.75) is 0 Å². The van der Waals surface area contributed by atoms with Crippen LogP contribution in [0.15, 0.2) is 70.0 Å². The zero-order valence-electron chi connectivity index (χ0n) is 20.7. The lowest BCUT2D eigenvalue weighted by atomic mass is 10.1. The number of nitrogens with zero attached hydrogens (tertiary/aromatic N) is 2. The summed E-state index contributed by atoms with van der Waals surface area (Å²) in [4.78, 5) is 29.5. The number of halogens is 2. The smallest absolute Gasteiger partial charge is 0.270 e. The molecule has 0 aliphatic carbocycles. The molecule has 0 bridgehead atoms. The van der Waals surface area contributed by atoms with Crippen molar-refractivity contribution in [3.8, 4) is 11.5 Å². The van der Waals surface area contributed by atoms with Crippen molar-refractivity contribution < 1.29 is 19.1 Å². The van der Waals surface area contributed by atoms with E-state index >= 15 is 0 Å². The molecule has 38 heavy (non-hydrogen) atoms. The van der Waals surface area contributed by atoms with Crippen LogP contribution in [0, 0.1) is 0 Å². The van der Waals surface area contributed by atoms with Crippen LogP contribution in [0.25, 0.3) is 6.08 Å². The average molecular weight is 633 g/mol. The molecule has 1 fully saturated rings. The van der Waals surface area contributed by atoms with Crippen molar-refractivity contribution in [3.05, 3.63) is 80.6 Å². The second-order valence-corrected chi connectivity index (χ2v) is 11.2. The van der Waals surface area contributed by atoms with E-state index in [0.717, 1.165) is 15.7 Å². The Hall–Kier alpha value is -3.05. The molecule has 7 nitrogen and oxygen atoms in total. The van der Waals surface area contributed by atoms with Gasteiger partial charge in [-0.05, 0) is 82.2 Å². The predicted molar refractivity (Wildman–Crippen MR) is 163 cm³/mol. The van der Waals surface area contributed by atoms with Gasteiger partial charge in [0.25, 0.3) is 11.8 Å². The quantitative estimate of drug-likeness (QED) is 0.222. The molecule has 1 heterocycles. The first-order valence-corrected chi connectivity index (χ1v) is 13.7. The predicted octanol–water partition coefficient (Wildman–Crippen LogP) is 6.60. The van der Waals surface area contributed by atoms with Gasteiger partial charge in [0, 0.05) is 29.9 Å². The molecule has 1 saturated heterocycles. The molecular formula is C27H23BrClN3O4S2. The first kappa shape index (κ1) is 28.0. The fourth-order valence-corrected chi connectivity index (χ4v) is 5.28. The summed E-state index contributed by atoms with van der Waals surface area (Å²) in [5.41, 5.74) is 3.03. The summed E-state index contributed by atoms with van der Waals surface area (Å²) in [6.07, 6.45) is 1.75. The monoisotopic (exact) mass is 631 g/mol. The Kier molecular flexibility index (Phi) is 8.99. The van der Waals surface area contributed by atoms with Crippen LogP contribution in [0.3, 0.4) is 0 Å². The molecular weight excluding hydrogens is 610 g/mol. The minimum atomic E-state index is -0.350. The number of rotatable bonds is 8. The van der Waals surface area contributed by atoms with Crippen LogP contribution >= 0.6 is 51.5 Å². The molecule has 0 atom stereocenters. The molecule has 1 N–H and O–H groups in total. The zero-order chi connectivity index (χ0) is 27.4. The minimum Gasteiger partial charge on any atom is -0.493 e. The molecule has 0 radical (unpaired) electrons. The van der Waals surface area contributed by atoms with Crippen LogP contribution in [0.4, 0.5) is 17.1 Å². The lowest BCUT2D eigenvalue weighted by molar-refractivity contribution is -0.118. The number of methoxy groups -OCH3 is 1. The number of hydrogen-bond acceptors (Lipinski definition) is 7. The van der Waals surface area contributed by atoms with Crippen LogP contribution in [-0.2, 0) is 9.59 Å². The maximum Gasteiger partial charge on any atom is 0.270 e. The fourth-order valence-electron chi connectivity index (χ4n) is 3.55. The van der Waals surface area contributed by atoms with Gasteiger partial charge in [0.1, 0.15) is 0 Å². The summed E-state index contributed by atoms with van der Waals surface area (Å²) in [5, 5.41) is 3.22. The number of amides is 2. The first-order valence-electron chi connectivity index (χ1n) is 11.3. The number of thioether (sulfide) groups is 1. The Morgan fingerprint density at radius 2 is 1.87 bits per heavy atom. The largest absolute Gasteiger partial charge is 0.493 e. The number of nitrogens with one attached hydrogen (secondary N) is 1. The summed E-state index contributed by atoms with van der Waals surface area (Å²) >= 11 is 16.1. The van der Waals surface area contributed by atoms with Gasteiger partial charge in [-0.3, -0.25) is 14.5 Å². The maximum absolute atomic E-state index is 13.2. The van der Waals surface area contributed by atoms with Gasteiger partial charge in [-0.2, -0.15) is 0 Å². The average Bonchev–Trinajstić information content (AvgIpc) is 3.17. The van der Waals surface area contributed by atoms with Gasteiger partial charge < -0.3 is 19.7 Å². The third-order valence-corrected chi connectivity index (χ3v) is 8.00. The van der Waals surface area contributed by atoms with E-state index in [1.165, 1.54) is 23.8 Å². The van der Waals surface area contributed by atoms with Crippen LogP contribution in [0.1, 0.15) is 5.56 Å². The minimum absolute atomic E-state index is 0.193. The normalized spacial score (nSPS) is 14.1. The van der Waals surface area contributed by atoms with E-state index in [2.05, 4.69) is 21.2 Å². The van der Waals surface area contributed by atoms with Crippen molar-refractivity contribution in [2.75, 3.05) is 42.9 Å². The first-order chi connectivity index (χ1) is 18.2. The Bertz CT molecular complexity index is 1430. The Morgan fingerprint density at radius 3 is 2.53 bits per heavy atom. The molecule has 196 valence electrons. The third kappa shape index (κ3) is 6.50. The van der Waals surface area contributed by atoms with Gasteiger partial charge in [0.15, 0.2) is 22.4 Å². The summed E-state index contributed by atoms with van der Waals surface area (Å²) in [5.74, 6) is 0.272. The van der Waals surface area contributed by atoms with E-state index in [9.17, 15) is 9.59 Å². The molecule has 2 amide bonds. The van der Waals surface area contributed by atoms with E-state index in [0.29, 0.717) is 37.1 Å². The fraction of sp³-hybridized carbons (Fsp3) is 0.148. The summed E-state index contributed by atoms with van der Waals surface area (Å²) in [7, 11) is 5.42. The third-order valence-electron chi connectivity index (χ3n) is 5.47. The van der Waals surface area contributed by atoms with Gasteiger partial charge in [0.05, 0.1) is 22.7 Å². The van der Waals surface area contributed by atoms with E-state index < -0.39 is 0 Å². The number of anilines is 3. The summed E-state index contributed by atoms with van der Waals surface area (Å²) < 4.78 is 12.3. The van der Waals surface area contributed by atoms with E-state index in [-0.39, 0.29) is 18.4 Å². The van der Waals surface area contributed by atoms with Crippen molar-refractivity contribution in [3.63, 3.8) is 0 Å². The van der Waals surface area contributed by atoms with Gasteiger partial charge >= 0.3 is 0 Å². The van der Waals surface area contributed by atoms with E-state index in [1.807, 2.05) is 43.3 Å². The molecule has 0 spiro atoms. The van der Waals surface area contributed by atoms with Crippen LogP contribution in [-0.4, -0.2) is 43.9 Å².